The summed E-state index contributed by atoms with van der Waals surface area (Å²) < 4.78 is 0.821. The van der Waals surface area contributed by atoms with Crippen LogP contribution in [-0.4, -0.2) is 34.3 Å². The van der Waals surface area contributed by atoms with Crippen LogP contribution in [0.25, 0.3) is 0 Å². The van der Waals surface area contributed by atoms with Gasteiger partial charge in [0.15, 0.2) is 0 Å². The molecule has 1 atom stereocenters. The number of likely N-dealkylation sites (tertiary alicyclic amines) is 1. The molecule has 0 aromatic heterocycles. The summed E-state index contributed by atoms with van der Waals surface area (Å²) in [5, 5.41) is 18.6. The van der Waals surface area contributed by atoms with Gasteiger partial charge in [-0.1, -0.05) is 22.0 Å². The van der Waals surface area contributed by atoms with Crippen molar-refractivity contribution in [3.05, 3.63) is 28.2 Å². The van der Waals surface area contributed by atoms with Gasteiger partial charge in [0, 0.05) is 23.5 Å². The fraction of sp³-hybridized carbons (Fsp3) is 0.364. The molecule has 0 aliphatic carbocycles. The number of carboxylic acid groups (broad SMARTS) is 1. The number of phenols is 1. The summed E-state index contributed by atoms with van der Waals surface area (Å²) in [7, 11) is 0. The predicted molar refractivity (Wildman–Crippen MR) is 62.8 cm³/mol. The third kappa shape index (κ3) is 2.14. The van der Waals surface area contributed by atoms with Gasteiger partial charge in [-0.15, -0.1) is 0 Å². The Morgan fingerprint density at radius 3 is 2.81 bits per heavy atom. The van der Waals surface area contributed by atoms with Crippen molar-refractivity contribution >= 4 is 22.0 Å². The van der Waals surface area contributed by atoms with Gasteiger partial charge in [0.1, 0.15) is 5.75 Å². The first-order chi connectivity index (χ1) is 7.58. The lowest BCUT2D eigenvalue weighted by Crippen LogP contribution is -2.26. The van der Waals surface area contributed by atoms with Gasteiger partial charge in [0.05, 0.1) is 0 Å². The Bertz CT molecular complexity index is 422. The van der Waals surface area contributed by atoms with Crippen molar-refractivity contribution in [3.63, 3.8) is 0 Å². The summed E-state index contributed by atoms with van der Waals surface area (Å²) >= 11 is 3.28. The van der Waals surface area contributed by atoms with Crippen LogP contribution < -0.4 is 0 Å². The molecule has 0 spiro atoms. The Morgan fingerprint density at radius 1 is 1.50 bits per heavy atom. The molecule has 86 valence electrons. The van der Waals surface area contributed by atoms with E-state index in [1.165, 1.54) is 4.90 Å². The molecule has 1 heterocycles. The Morgan fingerprint density at radius 2 is 2.25 bits per heavy atom. The zero-order valence-corrected chi connectivity index (χ0v) is 10.1. The van der Waals surface area contributed by atoms with E-state index in [9.17, 15) is 9.90 Å². The molecule has 0 bridgehead atoms. The average molecular weight is 286 g/mol. The number of hydrogen-bond donors (Lipinski definition) is 2. The van der Waals surface area contributed by atoms with Crippen LogP contribution in [0.5, 0.6) is 5.75 Å². The molecule has 4 nitrogen and oxygen atoms in total. The summed E-state index contributed by atoms with van der Waals surface area (Å²) in [6, 6.07) is 5.34. The minimum atomic E-state index is -0.890. The molecule has 0 unspecified atom stereocenters. The average Bonchev–Trinajstić information content (AvgIpc) is 2.66. The highest BCUT2D eigenvalue weighted by atomic mass is 79.9. The smallest absolute Gasteiger partial charge is 0.407 e. The number of carbonyl (C=O) groups is 1. The summed E-state index contributed by atoms with van der Waals surface area (Å²) in [6.45, 7) is 1.00. The molecule has 5 heteroatoms. The Hall–Kier alpha value is -1.23. The molecule has 1 saturated heterocycles. The van der Waals surface area contributed by atoms with Gasteiger partial charge in [0.2, 0.25) is 0 Å². The van der Waals surface area contributed by atoms with E-state index in [4.69, 9.17) is 5.11 Å². The van der Waals surface area contributed by atoms with Gasteiger partial charge in [-0.3, -0.25) is 0 Å². The summed E-state index contributed by atoms with van der Waals surface area (Å²) in [5.74, 6) is 0.329. The Kier molecular flexibility index (Phi) is 3.05. The Labute approximate surface area is 102 Å². The molecule has 1 amide bonds. The van der Waals surface area contributed by atoms with E-state index in [0.29, 0.717) is 13.1 Å². The molecule has 16 heavy (non-hydrogen) atoms. The zero-order chi connectivity index (χ0) is 11.7. The zero-order valence-electron chi connectivity index (χ0n) is 8.56. The van der Waals surface area contributed by atoms with Crippen LogP contribution in [0.2, 0.25) is 0 Å². The normalized spacial score (nSPS) is 20.1. The highest BCUT2D eigenvalue weighted by molar-refractivity contribution is 9.10. The van der Waals surface area contributed by atoms with Gasteiger partial charge < -0.3 is 15.1 Å². The van der Waals surface area contributed by atoms with Crippen molar-refractivity contribution in [1.82, 2.24) is 4.90 Å². The number of benzene rings is 1. The number of rotatable bonds is 1. The molecule has 2 N–H and O–H groups in total. The number of halogens is 1. The number of hydrogen-bond acceptors (Lipinski definition) is 2. The molecular weight excluding hydrogens is 274 g/mol. The third-order valence-electron chi connectivity index (χ3n) is 2.89. The molecule has 0 saturated carbocycles. The number of amides is 1. The van der Waals surface area contributed by atoms with E-state index >= 15 is 0 Å². The van der Waals surface area contributed by atoms with Gasteiger partial charge in [-0.25, -0.2) is 4.79 Å². The lowest BCUT2D eigenvalue weighted by atomic mass is 9.98. The molecular formula is C11H12BrNO3. The lowest BCUT2D eigenvalue weighted by Gasteiger charge is -2.13. The molecule has 1 aliphatic heterocycles. The maximum atomic E-state index is 10.8. The van der Waals surface area contributed by atoms with Crippen LogP contribution in [0.15, 0.2) is 22.7 Å². The second-order valence-corrected chi connectivity index (χ2v) is 4.83. The Balaban J connectivity index is 2.17. The number of phenolic OH excluding ortho intramolecular Hbond substituents is 1. The first-order valence-corrected chi connectivity index (χ1v) is 5.83. The van der Waals surface area contributed by atoms with Gasteiger partial charge in [-0.05, 0) is 24.1 Å². The van der Waals surface area contributed by atoms with Crippen molar-refractivity contribution in [2.45, 2.75) is 12.3 Å². The van der Waals surface area contributed by atoms with Gasteiger partial charge >= 0.3 is 6.09 Å². The van der Waals surface area contributed by atoms with E-state index in [1.54, 1.807) is 6.07 Å². The van der Waals surface area contributed by atoms with Crippen LogP contribution in [0.1, 0.15) is 17.9 Å². The molecule has 1 aromatic carbocycles. The molecule has 0 radical (unpaired) electrons. The molecule has 1 fully saturated rings. The maximum Gasteiger partial charge on any atom is 0.407 e. The highest BCUT2D eigenvalue weighted by Gasteiger charge is 2.28. The summed E-state index contributed by atoms with van der Waals surface area (Å²) in [6.07, 6.45) is -0.124. The first kappa shape index (κ1) is 11.3. The second-order valence-electron chi connectivity index (χ2n) is 3.92. The van der Waals surface area contributed by atoms with E-state index in [0.717, 1.165) is 16.5 Å². The van der Waals surface area contributed by atoms with E-state index < -0.39 is 6.09 Å². The monoisotopic (exact) mass is 285 g/mol. The number of nitrogens with zero attached hydrogens (tertiary/aromatic N) is 1. The maximum absolute atomic E-state index is 10.8. The standard InChI is InChI=1S/C11H12BrNO3/c12-8-1-2-9(10(14)5-8)7-3-4-13(6-7)11(15)16/h1-2,5,7,14H,3-4,6H2,(H,15,16)/t7-/m1/s1. The van der Waals surface area contributed by atoms with Crippen molar-refractivity contribution in [2.75, 3.05) is 13.1 Å². The van der Waals surface area contributed by atoms with E-state index in [2.05, 4.69) is 15.9 Å². The second kappa shape index (κ2) is 4.33. The lowest BCUT2D eigenvalue weighted by molar-refractivity contribution is 0.155. The predicted octanol–water partition coefficient (Wildman–Crippen LogP) is 2.62. The number of aromatic hydroxyl groups is 1. The highest BCUT2D eigenvalue weighted by Crippen LogP contribution is 2.34. The van der Waals surface area contributed by atoms with Crippen LogP contribution in [0, 0.1) is 0 Å². The largest absolute Gasteiger partial charge is 0.508 e. The quantitative estimate of drug-likeness (QED) is 0.834. The molecule has 1 aromatic rings. The van der Waals surface area contributed by atoms with E-state index in [1.807, 2.05) is 12.1 Å². The van der Waals surface area contributed by atoms with Gasteiger partial charge in [-0.2, -0.15) is 0 Å². The SMILES string of the molecule is O=C(O)N1CC[C@@H](c2ccc(Br)cc2O)C1. The van der Waals surface area contributed by atoms with Crippen molar-refractivity contribution in [1.29, 1.82) is 0 Å². The minimum Gasteiger partial charge on any atom is -0.508 e. The fourth-order valence-electron chi connectivity index (χ4n) is 2.05. The third-order valence-corrected chi connectivity index (χ3v) is 3.38. The molecule has 1 aliphatic rings. The van der Waals surface area contributed by atoms with Crippen molar-refractivity contribution < 1.29 is 15.0 Å². The molecule has 2 rings (SSSR count). The van der Waals surface area contributed by atoms with Crippen LogP contribution in [0.3, 0.4) is 0 Å². The van der Waals surface area contributed by atoms with Crippen LogP contribution in [-0.2, 0) is 0 Å². The van der Waals surface area contributed by atoms with Crippen LogP contribution in [0.4, 0.5) is 4.79 Å². The fourth-order valence-corrected chi connectivity index (χ4v) is 2.40. The summed E-state index contributed by atoms with van der Waals surface area (Å²) in [5.41, 5.74) is 0.826. The van der Waals surface area contributed by atoms with E-state index in [-0.39, 0.29) is 11.7 Å². The van der Waals surface area contributed by atoms with Crippen LogP contribution >= 0.6 is 15.9 Å². The minimum absolute atomic E-state index is 0.101. The van der Waals surface area contributed by atoms with Crippen molar-refractivity contribution in [2.24, 2.45) is 0 Å². The van der Waals surface area contributed by atoms with Gasteiger partial charge in [0.25, 0.3) is 0 Å². The van der Waals surface area contributed by atoms with Crippen molar-refractivity contribution in [3.8, 4) is 5.75 Å². The first-order valence-electron chi connectivity index (χ1n) is 5.04. The topological polar surface area (TPSA) is 60.8 Å². The summed E-state index contributed by atoms with van der Waals surface area (Å²) in [4.78, 5) is 12.2.